The smallest absolute Gasteiger partial charge is 0.406 e. The quantitative estimate of drug-likeness (QED) is 0.879. The van der Waals surface area contributed by atoms with Crippen molar-refractivity contribution >= 4 is 0 Å². The molecule has 0 spiro atoms. The number of alkyl halides is 3. The van der Waals surface area contributed by atoms with Crippen LogP contribution in [-0.2, 0) is 6.42 Å². The molecule has 0 aliphatic heterocycles. The normalized spacial score (nSPS) is 15.2. The number of halogens is 3. The van der Waals surface area contributed by atoms with Crippen LogP contribution in [-0.4, -0.2) is 17.6 Å². The van der Waals surface area contributed by atoms with Crippen LogP contribution < -0.4 is 4.74 Å². The average molecular weight is 262 g/mol. The maximum atomic E-state index is 12.0. The fraction of sp³-hybridized carbons (Fsp3) is 0.538. The molecule has 0 bridgehead atoms. The molecule has 2 nitrogen and oxygen atoms in total. The molecule has 0 aliphatic carbocycles. The minimum absolute atomic E-state index is 0.111. The van der Waals surface area contributed by atoms with Gasteiger partial charge in [-0.15, -0.1) is 13.2 Å². The van der Waals surface area contributed by atoms with E-state index in [1.54, 1.807) is 19.1 Å². The summed E-state index contributed by atoms with van der Waals surface area (Å²) in [4.78, 5) is 0. The average Bonchev–Trinajstić information content (AvgIpc) is 2.25. The van der Waals surface area contributed by atoms with Crippen LogP contribution in [0.15, 0.2) is 24.3 Å². The molecule has 1 aromatic carbocycles. The van der Waals surface area contributed by atoms with E-state index in [2.05, 4.69) is 4.74 Å². The van der Waals surface area contributed by atoms with Gasteiger partial charge in [-0.25, -0.2) is 0 Å². The van der Waals surface area contributed by atoms with Crippen LogP contribution in [0.3, 0.4) is 0 Å². The molecule has 0 heterocycles. The third kappa shape index (κ3) is 4.96. The van der Waals surface area contributed by atoms with Gasteiger partial charge in [0, 0.05) is 0 Å². The maximum Gasteiger partial charge on any atom is 0.573 e. The van der Waals surface area contributed by atoms with Crippen LogP contribution in [0.1, 0.15) is 25.8 Å². The van der Waals surface area contributed by atoms with E-state index >= 15 is 0 Å². The summed E-state index contributed by atoms with van der Waals surface area (Å²) in [6, 6.07) is 5.76. The lowest BCUT2D eigenvalue weighted by molar-refractivity contribution is -0.274. The molecule has 1 aromatic rings. The van der Waals surface area contributed by atoms with E-state index in [1.807, 2.05) is 6.92 Å². The van der Waals surface area contributed by atoms with Gasteiger partial charge in [-0.05, 0) is 37.0 Å². The topological polar surface area (TPSA) is 29.5 Å². The Morgan fingerprint density at radius 1 is 1.22 bits per heavy atom. The summed E-state index contributed by atoms with van der Waals surface area (Å²) in [5, 5.41) is 9.51. The van der Waals surface area contributed by atoms with E-state index in [9.17, 15) is 18.3 Å². The van der Waals surface area contributed by atoms with Crippen molar-refractivity contribution in [3.05, 3.63) is 29.8 Å². The van der Waals surface area contributed by atoms with Crippen molar-refractivity contribution in [3.63, 3.8) is 0 Å². The molecular formula is C13H17F3O2. The third-order valence-corrected chi connectivity index (χ3v) is 2.86. The van der Waals surface area contributed by atoms with Crippen molar-refractivity contribution < 1.29 is 23.0 Å². The Morgan fingerprint density at radius 2 is 1.78 bits per heavy atom. The Balaban J connectivity index is 2.65. The SMILES string of the molecule is CCC(Cc1ccc(OC(F)(F)F)cc1)C(C)O. The summed E-state index contributed by atoms with van der Waals surface area (Å²) >= 11 is 0. The lowest BCUT2D eigenvalue weighted by Gasteiger charge is -2.18. The molecule has 102 valence electrons. The molecule has 0 fully saturated rings. The number of rotatable bonds is 5. The van der Waals surface area contributed by atoms with Crippen molar-refractivity contribution in [2.24, 2.45) is 5.92 Å². The number of hydrogen-bond donors (Lipinski definition) is 1. The first kappa shape index (κ1) is 14.8. The van der Waals surface area contributed by atoms with Crippen molar-refractivity contribution in [1.29, 1.82) is 0 Å². The fourth-order valence-corrected chi connectivity index (χ4v) is 1.79. The van der Waals surface area contributed by atoms with Gasteiger partial charge in [0.15, 0.2) is 0 Å². The van der Waals surface area contributed by atoms with Crippen LogP contribution in [0.5, 0.6) is 5.75 Å². The van der Waals surface area contributed by atoms with E-state index < -0.39 is 12.5 Å². The summed E-state index contributed by atoms with van der Waals surface area (Å²) < 4.78 is 39.7. The van der Waals surface area contributed by atoms with Gasteiger partial charge < -0.3 is 9.84 Å². The van der Waals surface area contributed by atoms with Gasteiger partial charge in [-0.3, -0.25) is 0 Å². The maximum absolute atomic E-state index is 12.0. The molecule has 5 heteroatoms. The number of aliphatic hydroxyl groups excluding tert-OH is 1. The Bertz CT molecular complexity index is 357. The van der Waals surface area contributed by atoms with Gasteiger partial charge in [0.05, 0.1) is 6.10 Å². The van der Waals surface area contributed by atoms with E-state index in [0.29, 0.717) is 6.42 Å². The van der Waals surface area contributed by atoms with Crippen molar-refractivity contribution in [2.45, 2.75) is 39.2 Å². The molecule has 0 amide bonds. The van der Waals surface area contributed by atoms with E-state index in [-0.39, 0.29) is 11.7 Å². The number of hydrogen-bond acceptors (Lipinski definition) is 2. The Labute approximate surface area is 104 Å². The fourth-order valence-electron chi connectivity index (χ4n) is 1.79. The Morgan fingerprint density at radius 3 is 2.17 bits per heavy atom. The molecule has 0 saturated carbocycles. The van der Waals surface area contributed by atoms with Gasteiger partial charge in [-0.1, -0.05) is 25.5 Å². The van der Waals surface area contributed by atoms with Crippen LogP contribution in [0, 0.1) is 5.92 Å². The highest BCUT2D eigenvalue weighted by Gasteiger charge is 2.30. The summed E-state index contributed by atoms with van der Waals surface area (Å²) in [7, 11) is 0. The first-order valence-electron chi connectivity index (χ1n) is 5.84. The summed E-state index contributed by atoms with van der Waals surface area (Å²) in [5.41, 5.74) is 0.886. The van der Waals surface area contributed by atoms with E-state index in [1.165, 1.54) is 12.1 Å². The highest BCUT2D eigenvalue weighted by molar-refractivity contribution is 5.27. The molecule has 1 rings (SSSR count). The van der Waals surface area contributed by atoms with Crippen LogP contribution >= 0.6 is 0 Å². The lowest BCUT2D eigenvalue weighted by Crippen LogP contribution is -2.18. The van der Waals surface area contributed by atoms with Crippen molar-refractivity contribution in [2.75, 3.05) is 0 Å². The molecule has 0 aliphatic rings. The molecule has 18 heavy (non-hydrogen) atoms. The molecule has 2 unspecified atom stereocenters. The van der Waals surface area contributed by atoms with Crippen molar-refractivity contribution in [1.82, 2.24) is 0 Å². The van der Waals surface area contributed by atoms with Crippen LogP contribution in [0.2, 0.25) is 0 Å². The summed E-state index contributed by atoms with van der Waals surface area (Å²) in [6.45, 7) is 3.69. The van der Waals surface area contributed by atoms with Gasteiger partial charge >= 0.3 is 6.36 Å². The predicted octanol–water partition coefficient (Wildman–Crippen LogP) is 3.53. The zero-order valence-electron chi connectivity index (χ0n) is 10.4. The number of aliphatic hydroxyl groups is 1. The molecule has 0 aromatic heterocycles. The molecule has 0 radical (unpaired) electrons. The largest absolute Gasteiger partial charge is 0.573 e. The zero-order valence-corrected chi connectivity index (χ0v) is 10.4. The lowest BCUT2D eigenvalue weighted by atomic mass is 9.92. The molecule has 1 N–H and O–H groups in total. The monoisotopic (exact) mass is 262 g/mol. The zero-order chi connectivity index (χ0) is 13.8. The molecule has 2 atom stereocenters. The predicted molar refractivity (Wildman–Crippen MR) is 62.3 cm³/mol. The second kappa shape index (κ2) is 6.09. The van der Waals surface area contributed by atoms with Gasteiger partial charge in [0.1, 0.15) is 5.75 Å². The van der Waals surface area contributed by atoms with E-state index in [0.717, 1.165) is 12.0 Å². The minimum Gasteiger partial charge on any atom is -0.406 e. The second-order valence-corrected chi connectivity index (χ2v) is 4.30. The Hall–Kier alpha value is -1.23. The molecular weight excluding hydrogens is 245 g/mol. The second-order valence-electron chi connectivity index (χ2n) is 4.30. The van der Waals surface area contributed by atoms with Gasteiger partial charge in [-0.2, -0.15) is 0 Å². The number of benzene rings is 1. The summed E-state index contributed by atoms with van der Waals surface area (Å²) in [5.74, 6) is -0.115. The summed E-state index contributed by atoms with van der Waals surface area (Å²) in [6.07, 6.45) is -3.63. The van der Waals surface area contributed by atoms with E-state index in [4.69, 9.17) is 0 Å². The first-order valence-corrected chi connectivity index (χ1v) is 5.84. The van der Waals surface area contributed by atoms with Crippen LogP contribution in [0.25, 0.3) is 0 Å². The van der Waals surface area contributed by atoms with Gasteiger partial charge in [0.25, 0.3) is 0 Å². The highest BCUT2D eigenvalue weighted by Crippen LogP contribution is 2.24. The van der Waals surface area contributed by atoms with Crippen molar-refractivity contribution in [3.8, 4) is 5.75 Å². The van der Waals surface area contributed by atoms with Gasteiger partial charge in [0.2, 0.25) is 0 Å². The minimum atomic E-state index is -4.66. The standard InChI is InChI=1S/C13H17F3O2/c1-3-11(9(2)17)8-10-4-6-12(7-5-10)18-13(14,15)16/h4-7,9,11,17H,3,8H2,1-2H3. The molecule has 0 saturated heterocycles. The highest BCUT2D eigenvalue weighted by atomic mass is 19.4. The Kier molecular flexibility index (Phi) is 5.02. The number of ether oxygens (including phenoxy) is 1. The first-order chi connectivity index (χ1) is 8.31. The van der Waals surface area contributed by atoms with Crippen LogP contribution in [0.4, 0.5) is 13.2 Å². The third-order valence-electron chi connectivity index (χ3n) is 2.86.